The van der Waals surface area contributed by atoms with Crippen LogP contribution in [0.25, 0.3) is 11.0 Å². The first kappa shape index (κ1) is 22.3. The summed E-state index contributed by atoms with van der Waals surface area (Å²) in [6, 6.07) is 5.30. The number of fused-ring (bicyclic) bond motifs is 1. The molecule has 11 heteroatoms. The van der Waals surface area contributed by atoms with E-state index in [4.69, 9.17) is 0 Å². The molecule has 178 valence electrons. The maximum absolute atomic E-state index is 13.4. The van der Waals surface area contributed by atoms with E-state index in [0.29, 0.717) is 59.1 Å². The van der Waals surface area contributed by atoms with Gasteiger partial charge in [0.25, 0.3) is 0 Å². The van der Waals surface area contributed by atoms with Gasteiger partial charge in [0, 0.05) is 44.1 Å². The van der Waals surface area contributed by atoms with Crippen molar-refractivity contribution in [2.24, 2.45) is 7.05 Å². The summed E-state index contributed by atoms with van der Waals surface area (Å²) >= 11 is 0. The van der Waals surface area contributed by atoms with Crippen LogP contribution in [0.2, 0.25) is 0 Å². The van der Waals surface area contributed by atoms with Crippen molar-refractivity contribution < 1.29 is 14.0 Å². The average Bonchev–Trinajstić information content (AvgIpc) is 3.59. The SMILES string of the molecule is C=CC(=O)N1CC[C@@H](Nc2nc(Nc3cnn(C)c3)nc3[nH]cc(C(=O)c4ccc(F)cc4)c23)C1. The third kappa shape index (κ3) is 4.47. The van der Waals surface area contributed by atoms with Crippen LogP contribution in [-0.2, 0) is 11.8 Å². The Kier molecular flexibility index (Phi) is 5.73. The Labute approximate surface area is 199 Å². The highest BCUT2D eigenvalue weighted by molar-refractivity contribution is 6.18. The van der Waals surface area contributed by atoms with Crippen LogP contribution < -0.4 is 10.6 Å². The van der Waals surface area contributed by atoms with Crippen molar-refractivity contribution in [3.8, 4) is 0 Å². The highest BCUT2D eigenvalue weighted by Gasteiger charge is 2.27. The van der Waals surface area contributed by atoms with Gasteiger partial charge in [-0.25, -0.2) is 4.39 Å². The highest BCUT2D eigenvalue weighted by Crippen LogP contribution is 2.30. The van der Waals surface area contributed by atoms with E-state index in [0.717, 1.165) is 0 Å². The van der Waals surface area contributed by atoms with Crippen LogP contribution in [0.4, 0.5) is 21.8 Å². The number of carbonyl (C=O) groups is 2. The summed E-state index contributed by atoms with van der Waals surface area (Å²) in [5.74, 6) is -0.0727. The Balaban J connectivity index is 1.53. The third-order valence-electron chi connectivity index (χ3n) is 5.86. The molecule has 0 radical (unpaired) electrons. The van der Waals surface area contributed by atoms with E-state index in [1.165, 1.54) is 30.3 Å². The Morgan fingerprint density at radius 3 is 2.77 bits per heavy atom. The molecular weight excluding hydrogens is 451 g/mol. The normalized spacial score (nSPS) is 15.4. The number of anilines is 3. The predicted molar refractivity (Wildman–Crippen MR) is 129 cm³/mol. The summed E-state index contributed by atoms with van der Waals surface area (Å²) < 4.78 is 15.0. The Bertz CT molecular complexity index is 1430. The lowest BCUT2D eigenvalue weighted by Crippen LogP contribution is -2.30. The molecule has 10 nitrogen and oxygen atoms in total. The molecule has 1 aliphatic rings. The standard InChI is InChI=1S/C24H23FN8O2/c1-3-19(34)33-9-8-16(13-33)28-23-20-18(21(35)14-4-6-15(25)7-5-14)11-26-22(20)30-24(31-23)29-17-10-27-32(2)12-17/h3-7,10-12,16H,1,8-9,13H2,2H3,(H3,26,28,29,30,31)/t16-/m1/s1. The number of nitrogens with one attached hydrogen (secondary N) is 3. The van der Waals surface area contributed by atoms with Gasteiger partial charge in [-0.2, -0.15) is 15.1 Å². The second-order valence-corrected chi connectivity index (χ2v) is 8.30. The number of H-pyrrole nitrogens is 1. The highest BCUT2D eigenvalue weighted by atomic mass is 19.1. The summed E-state index contributed by atoms with van der Waals surface area (Å²) in [5, 5.41) is 11.2. The van der Waals surface area contributed by atoms with Gasteiger partial charge in [0.1, 0.15) is 17.3 Å². The van der Waals surface area contributed by atoms with Crippen LogP contribution in [-0.4, -0.2) is 60.5 Å². The van der Waals surface area contributed by atoms with Crippen molar-refractivity contribution >= 4 is 40.2 Å². The second-order valence-electron chi connectivity index (χ2n) is 8.30. The molecule has 35 heavy (non-hydrogen) atoms. The number of hydrogen-bond acceptors (Lipinski definition) is 7. The minimum Gasteiger partial charge on any atom is -0.365 e. The molecule has 3 aromatic heterocycles. The molecular formula is C24H23FN8O2. The minimum atomic E-state index is -0.419. The Hall–Kier alpha value is -4.54. The van der Waals surface area contributed by atoms with Gasteiger partial charge in [-0.1, -0.05) is 6.58 Å². The van der Waals surface area contributed by atoms with Gasteiger partial charge < -0.3 is 20.5 Å². The van der Waals surface area contributed by atoms with Crippen molar-refractivity contribution in [2.45, 2.75) is 12.5 Å². The molecule has 1 fully saturated rings. The summed E-state index contributed by atoms with van der Waals surface area (Å²) in [6.45, 7) is 4.62. The number of rotatable bonds is 7. The molecule has 0 unspecified atom stereocenters. The fourth-order valence-corrected chi connectivity index (χ4v) is 4.14. The topological polar surface area (TPSA) is 121 Å². The summed E-state index contributed by atoms with van der Waals surface area (Å²) in [4.78, 5) is 39.3. The van der Waals surface area contributed by atoms with E-state index in [9.17, 15) is 14.0 Å². The van der Waals surface area contributed by atoms with Crippen LogP contribution in [0.5, 0.6) is 0 Å². The number of aromatic nitrogens is 5. The predicted octanol–water partition coefficient (Wildman–Crippen LogP) is 3.00. The van der Waals surface area contributed by atoms with Gasteiger partial charge in [0.2, 0.25) is 11.9 Å². The Morgan fingerprint density at radius 1 is 1.26 bits per heavy atom. The number of aromatic amines is 1. The van der Waals surface area contributed by atoms with Crippen molar-refractivity contribution in [3.05, 3.63) is 72.5 Å². The first-order valence-corrected chi connectivity index (χ1v) is 11.0. The van der Waals surface area contributed by atoms with E-state index >= 15 is 0 Å². The lowest BCUT2D eigenvalue weighted by Gasteiger charge is -2.17. The Morgan fingerprint density at radius 2 is 2.06 bits per heavy atom. The van der Waals surface area contributed by atoms with Gasteiger partial charge in [-0.15, -0.1) is 0 Å². The van der Waals surface area contributed by atoms with Gasteiger partial charge in [-0.3, -0.25) is 14.3 Å². The zero-order valence-corrected chi connectivity index (χ0v) is 19.0. The van der Waals surface area contributed by atoms with Gasteiger partial charge >= 0.3 is 0 Å². The lowest BCUT2D eigenvalue weighted by atomic mass is 10.0. The number of nitrogens with zero attached hydrogens (tertiary/aromatic N) is 5. The zero-order valence-electron chi connectivity index (χ0n) is 19.0. The molecule has 3 N–H and O–H groups in total. The van der Waals surface area contributed by atoms with Gasteiger partial charge in [-0.05, 0) is 36.8 Å². The molecule has 5 rings (SSSR count). The molecule has 0 bridgehead atoms. The number of aryl methyl sites for hydroxylation is 1. The van der Waals surface area contributed by atoms with E-state index in [2.05, 4.69) is 37.3 Å². The fraction of sp³-hybridized carbons (Fsp3) is 0.208. The largest absolute Gasteiger partial charge is 0.365 e. The fourth-order valence-electron chi connectivity index (χ4n) is 4.14. The van der Waals surface area contributed by atoms with Crippen molar-refractivity contribution in [1.29, 1.82) is 0 Å². The molecule has 1 aliphatic heterocycles. The number of halogens is 1. The second kappa shape index (κ2) is 9.01. The average molecular weight is 475 g/mol. The smallest absolute Gasteiger partial charge is 0.246 e. The first-order valence-electron chi connectivity index (χ1n) is 11.0. The number of amides is 1. The summed E-state index contributed by atoms with van der Waals surface area (Å²) in [6.07, 6.45) is 7.02. The zero-order chi connectivity index (χ0) is 24.5. The third-order valence-corrected chi connectivity index (χ3v) is 5.86. The maximum atomic E-state index is 13.4. The summed E-state index contributed by atoms with van der Waals surface area (Å²) in [5.41, 5.74) is 1.87. The van der Waals surface area contributed by atoms with Crippen molar-refractivity contribution in [3.63, 3.8) is 0 Å². The molecule has 1 saturated heterocycles. The van der Waals surface area contributed by atoms with E-state index in [1.54, 1.807) is 35.2 Å². The molecule has 0 saturated carbocycles. The number of hydrogen-bond donors (Lipinski definition) is 3. The van der Waals surface area contributed by atoms with Crippen LogP contribution in [0, 0.1) is 5.82 Å². The van der Waals surface area contributed by atoms with E-state index < -0.39 is 5.82 Å². The van der Waals surface area contributed by atoms with Crippen LogP contribution in [0.15, 0.2) is 55.5 Å². The maximum Gasteiger partial charge on any atom is 0.246 e. The van der Waals surface area contributed by atoms with Gasteiger partial charge in [0.15, 0.2) is 5.78 Å². The van der Waals surface area contributed by atoms with E-state index in [-0.39, 0.29) is 17.7 Å². The van der Waals surface area contributed by atoms with Gasteiger partial charge in [0.05, 0.1) is 22.8 Å². The number of carbonyl (C=O) groups excluding carboxylic acids is 2. The molecule has 1 amide bonds. The quantitative estimate of drug-likeness (QED) is 0.278. The summed E-state index contributed by atoms with van der Waals surface area (Å²) in [7, 11) is 1.80. The van der Waals surface area contributed by atoms with Crippen LogP contribution in [0.3, 0.4) is 0 Å². The number of benzene rings is 1. The van der Waals surface area contributed by atoms with E-state index in [1.807, 2.05) is 0 Å². The minimum absolute atomic E-state index is 0.0769. The monoisotopic (exact) mass is 474 g/mol. The number of ketones is 1. The van der Waals surface area contributed by atoms with Crippen molar-refractivity contribution in [2.75, 3.05) is 23.7 Å². The van der Waals surface area contributed by atoms with Crippen LogP contribution >= 0.6 is 0 Å². The lowest BCUT2D eigenvalue weighted by molar-refractivity contribution is -0.125. The molecule has 1 aromatic carbocycles. The van der Waals surface area contributed by atoms with Crippen molar-refractivity contribution in [1.82, 2.24) is 29.6 Å². The van der Waals surface area contributed by atoms with Crippen LogP contribution in [0.1, 0.15) is 22.3 Å². The molecule has 0 spiro atoms. The first-order chi connectivity index (χ1) is 16.9. The molecule has 0 aliphatic carbocycles. The number of likely N-dealkylation sites (tertiary alicyclic amines) is 1. The molecule has 4 aromatic rings. The molecule has 1 atom stereocenters. The molecule has 4 heterocycles.